The fourth-order valence-electron chi connectivity index (χ4n) is 2.16. The van der Waals surface area contributed by atoms with E-state index in [1.807, 2.05) is 0 Å². The number of nitrogens with one attached hydrogen (secondary N) is 1. The SMILES string of the molecule is O=S(=O)(NCCN1CCC(O)CC1)c1ccccc1. The normalized spacial score (nSPS) is 18.6. The summed E-state index contributed by atoms with van der Waals surface area (Å²) in [6.07, 6.45) is 1.34. The van der Waals surface area contributed by atoms with Gasteiger partial charge in [0.15, 0.2) is 0 Å². The molecule has 1 aliphatic rings. The van der Waals surface area contributed by atoms with Crippen molar-refractivity contribution in [3.8, 4) is 0 Å². The smallest absolute Gasteiger partial charge is 0.240 e. The van der Waals surface area contributed by atoms with E-state index < -0.39 is 10.0 Å². The van der Waals surface area contributed by atoms with Crippen LogP contribution in [0.25, 0.3) is 0 Å². The molecule has 19 heavy (non-hydrogen) atoms. The number of benzene rings is 1. The Labute approximate surface area is 114 Å². The summed E-state index contributed by atoms with van der Waals surface area (Å²) in [6, 6.07) is 8.37. The van der Waals surface area contributed by atoms with Crippen LogP contribution in [-0.2, 0) is 10.0 Å². The van der Waals surface area contributed by atoms with Gasteiger partial charge in [0.05, 0.1) is 11.0 Å². The Balaban J connectivity index is 1.79. The first-order valence-corrected chi connectivity index (χ1v) is 8.01. The highest BCUT2D eigenvalue weighted by Crippen LogP contribution is 2.10. The monoisotopic (exact) mass is 284 g/mol. The third kappa shape index (κ3) is 4.28. The fraction of sp³-hybridized carbons (Fsp3) is 0.538. The molecule has 1 aliphatic heterocycles. The van der Waals surface area contributed by atoms with Crippen molar-refractivity contribution in [2.75, 3.05) is 26.2 Å². The molecule has 2 N–H and O–H groups in total. The first-order valence-electron chi connectivity index (χ1n) is 6.53. The second-order valence-corrected chi connectivity index (χ2v) is 6.55. The zero-order valence-corrected chi connectivity index (χ0v) is 11.6. The quantitative estimate of drug-likeness (QED) is 0.822. The topological polar surface area (TPSA) is 69.6 Å². The van der Waals surface area contributed by atoms with Gasteiger partial charge in [0.2, 0.25) is 10.0 Å². The van der Waals surface area contributed by atoms with Gasteiger partial charge in [-0.2, -0.15) is 0 Å². The van der Waals surface area contributed by atoms with E-state index in [9.17, 15) is 13.5 Å². The Kier molecular flexibility index (Phi) is 4.93. The average molecular weight is 284 g/mol. The standard InChI is InChI=1S/C13H20N2O3S/c16-12-6-9-15(10-7-12)11-8-14-19(17,18)13-4-2-1-3-5-13/h1-5,12,14,16H,6-11H2. The molecule has 0 radical (unpaired) electrons. The molecule has 0 amide bonds. The lowest BCUT2D eigenvalue weighted by molar-refractivity contribution is 0.0837. The van der Waals surface area contributed by atoms with Gasteiger partial charge in [-0.05, 0) is 25.0 Å². The lowest BCUT2D eigenvalue weighted by Crippen LogP contribution is -2.40. The van der Waals surface area contributed by atoms with Crippen molar-refractivity contribution in [2.45, 2.75) is 23.8 Å². The molecule has 5 nitrogen and oxygen atoms in total. The minimum absolute atomic E-state index is 0.197. The maximum absolute atomic E-state index is 12.0. The fourth-order valence-corrected chi connectivity index (χ4v) is 3.21. The van der Waals surface area contributed by atoms with Crippen LogP contribution in [0.3, 0.4) is 0 Å². The zero-order chi connectivity index (χ0) is 13.7. The number of rotatable bonds is 5. The molecule has 1 saturated heterocycles. The van der Waals surface area contributed by atoms with E-state index in [1.165, 1.54) is 0 Å². The minimum Gasteiger partial charge on any atom is -0.393 e. The van der Waals surface area contributed by atoms with E-state index in [2.05, 4.69) is 9.62 Å². The lowest BCUT2D eigenvalue weighted by Gasteiger charge is -2.29. The van der Waals surface area contributed by atoms with E-state index in [4.69, 9.17) is 0 Å². The molecule has 0 unspecified atom stereocenters. The Morgan fingerprint density at radius 3 is 2.47 bits per heavy atom. The molecule has 1 heterocycles. The Morgan fingerprint density at radius 1 is 1.21 bits per heavy atom. The van der Waals surface area contributed by atoms with Crippen LogP contribution in [0, 0.1) is 0 Å². The number of piperidine rings is 1. The Hall–Kier alpha value is -0.950. The summed E-state index contributed by atoms with van der Waals surface area (Å²) in [7, 11) is -3.40. The largest absolute Gasteiger partial charge is 0.393 e. The molecule has 1 fully saturated rings. The average Bonchev–Trinajstić information content (AvgIpc) is 2.42. The number of nitrogens with zero attached hydrogens (tertiary/aromatic N) is 1. The maximum atomic E-state index is 12.0. The van der Waals surface area contributed by atoms with E-state index >= 15 is 0 Å². The van der Waals surface area contributed by atoms with Crippen LogP contribution in [0.4, 0.5) is 0 Å². The molecule has 0 aromatic heterocycles. The van der Waals surface area contributed by atoms with E-state index in [1.54, 1.807) is 30.3 Å². The van der Waals surface area contributed by atoms with Gasteiger partial charge in [-0.25, -0.2) is 13.1 Å². The molecular weight excluding hydrogens is 264 g/mol. The van der Waals surface area contributed by atoms with E-state index in [-0.39, 0.29) is 6.10 Å². The van der Waals surface area contributed by atoms with Crippen molar-refractivity contribution in [3.63, 3.8) is 0 Å². The molecule has 2 rings (SSSR count). The molecule has 6 heteroatoms. The molecule has 0 atom stereocenters. The zero-order valence-electron chi connectivity index (χ0n) is 10.8. The van der Waals surface area contributed by atoms with Crippen LogP contribution in [0.2, 0.25) is 0 Å². The first-order chi connectivity index (χ1) is 9.08. The van der Waals surface area contributed by atoms with Crippen LogP contribution in [0.1, 0.15) is 12.8 Å². The number of aliphatic hydroxyl groups excluding tert-OH is 1. The summed E-state index contributed by atoms with van der Waals surface area (Å²) in [5.41, 5.74) is 0. The molecular formula is C13H20N2O3S. The van der Waals surface area contributed by atoms with Crippen LogP contribution < -0.4 is 4.72 Å². The number of hydrogen-bond acceptors (Lipinski definition) is 4. The van der Waals surface area contributed by atoms with Crippen LogP contribution in [0.15, 0.2) is 35.2 Å². The summed E-state index contributed by atoms with van der Waals surface area (Å²) in [5, 5.41) is 9.39. The predicted octanol–water partition coefficient (Wildman–Crippen LogP) is 0.422. The van der Waals surface area contributed by atoms with Crippen molar-refractivity contribution < 1.29 is 13.5 Å². The third-order valence-electron chi connectivity index (χ3n) is 3.33. The van der Waals surface area contributed by atoms with Gasteiger partial charge in [0.1, 0.15) is 0 Å². The molecule has 0 bridgehead atoms. The highest BCUT2D eigenvalue weighted by atomic mass is 32.2. The summed E-state index contributed by atoms with van der Waals surface area (Å²) in [4.78, 5) is 2.46. The summed E-state index contributed by atoms with van der Waals surface area (Å²) in [5.74, 6) is 0. The number of aliphatic hydroxyl groups is 1. The van der Waals surface area contributed by atoms with Crippen LogP contribution >= 0.6 is 0 Å². The molecule has 1 aromatic carbocycles. The summed E-state index contributed by atoms with van der Waals surface area (Å²) in [6.45, 7) is 2.73. The van der Waals surface area contributed by atoms with Gasteiger partial charge >= 0.3 is 0 Å². The summed E-state index contributed by atoms with van der Waals surface area (Å²) >= 11 is 0. The third-order valence-corrected chi connectivity index (χ3v) is 4.81. The van der Waals surface area contributed by atoms with Crippen molar-refractivity contribution in [2.24, 2.45) is 0 Å². The van der Waals surface area contributed by atoms with Crippen LogP contribution in [-0.4, -0.2) is 50.7 Å². The highest BCUT2D eigenvalue weighted by Gasteiger charge is 2.18. The van der Waals surface area contributed by atoms with Gasteiger partial charge in [-0.15, -0.1) is 0 Å². The Bertz CT molecular complexity index is 482. The Morgan fingerprint density at radius 2 is 1.84 bits per heavy atom. The van der Waals surface area contributed by atoms with Gasteiger partial charge in [0, 0.05) is 26.2 Å². The van der Waals surface area contributed by atoms with E-state index in [0.29, 0.717) is 18.0 Å². The first kappa shape index (κ1) is 14.5. The van der Waals surface area contributed by atoms with Gasteiger partial charge in [0.25, 0.3) is 0 Å². The molecule has 1 aromatic rings. The van der Waals surface area contributed by atoms with Gasteiger partial charge in [-0.1, -0.05) is 18.2 Å². The molecule has 106 valence electrons. The maximum Gasteiger partial charge on any atom is 0.240 e. The molecule has 0 aliphatic carbocycles. The number of likely N-dealkylation sites (tertiary alicyclic amines) is 1. The van der Waals surface area contributed by atoms with E-state index in [0.717, 1.165) is 25.9 Å². The lowest BCUT2D eigenvalue weighted by atomic mass is 10.1. The molecule has 0 spiro atoms. The van der Waals surface area contributed by atoms with Crippen molar-refractivity contribution in [1.29, 1.82) is 0 Å². The second-order valence-electron chi connectivity index (χ2n) is 4.78. The number of sulfonamides is 1. The highest BCUT2D eigenvalue weighted by molar-refractivity contribution is 7.89. The predicted molar refractivity (Wildman–Crippen MR) is 73.3 cm³/mol. The van der Waals surface area contributed by atoms with Crippen LogP contribution in [0.5, 0.6) is 0 Å². The second kappa shape index (κ2) is 6.47. The number of hydrogen-bond donors (Lipinski definition) is 2. The van der Waals surface area contributed by atoms with Gasteiger partial charge in [-0.3, -0.25) is 0 Å². The van der Waals surface area contributed by atoms with Crippen molar-refractivity contribution in [1.82, 2.24) is 9.62 Å². The summed E-state index contributed by atoms with van der Waals surface area (Å²) < 4.78 is 26.5. The van der Waals surface area contributed by atoms with Crippen molar-refractivity contribution >= 4 is 10.0 Å². The van der Waals surface area contributed by atoms with Gasteiger partial charge < -0.3 is 10.0 Å². The minimum atomic E-state index is -3.40. The molecule has 0 saturated carbocycles. The van der Waals surface area contributed by atoms with Crippen molar-refractivity contribution in [3.05, 3.63) is 30.3 Å².